The zero-order valence-corrected chi connectivity index (χ0v) is 9.99. The molecule has 0 bridgehead atoms. The topological polar surface area (TPSA) is 132 Å². The molecule has 0 heterocycles. The molecule has 0 aliphatic carbocycles. The third-order valence-electron chi connectivity index (χ3n) is 0.395. The van der Waals surface area contributed by atoms with E-state index in [1.807, 2.05) is 0 Å². The van der Waals surface area contributed by atoms with Gasteiger partial charge in [-0.05, 0) is 0 Å². The smallest absolute Gasteiger partial charge is 0.282 e. The normalized spacial score (nSPS) is 12.7. The van der Waals surface area contributed by atoms with Crippen molar-refractivity contribution in [1.29, 1.82) is 0 Å². The van der Waals surface area contributed by atoms with Crippen LogP contribution in [0.1, 0.15) is 0 Å². The maximum absolute atomic E-state index is 9.67. The van der Waals surface area contributed by atoms with Gasteiger partial charge in [-0.15, -0.1) is 0 Å². The number of hydrogen-bond acceptors (Lipinski definition) is 5. The van der Waals surface area contributed by atoms with Gasteiger partial charge in [0.25, 0.3) is 0 Å². The Bertz CT molecular complexity index is 265. The Hall–Kier alpha value is 1.38. The van der Waals surface area contributed by atoms with Gasteiger partial charge in [0.2, 0.25) is 0 Å². The summed E-state index contributed by atoms with van der Waals surface area (Å²) in [6.07, 6.45) is 0. The molecule has 63 valence electrons. The van der Waals surface area contributed by atoms with Crippen LogP contribution < -0.4 is 0 Å². The average Bonchev–Trinajstić information content (AvgIpc) is 1.59. The summed E-state index contributed by atoms with van der Waals surface area (Å²) in [5.41, 5.74) is 0. The molecule has 0 amide bonds. The number of hydrogen-bond donors (Lipinski definition) is 3. The van der Waals surface area contributed by atoms with Crippen molar-refractivity contribution in [2.75, 3.05) is 0 Å². The second kappa shape index (κ2) is 4.57. The van der Waals surface area contributed by atoms with Crippen molar-refractivity contribution in [3.05, 3.63) is 0 Å². The van der Waals surface area contributed by atoms with Crippen LogP contribution in [0.15, 0.2) is 0 Å². The standard InChI is InChI=1S/K.H3NO7S2/c;2-1(9(3,4)5)10(6,7)8/h;2H,(H,3,4,5)(H,6,7,8). The Morgan fingerprint density at radius 3 is 1.09 bits per heavy atom. The molecule has 8 nitrogen and oxygen atoms in total. The minimum absolute atomic E-state index is 0. The fourth-order valence-electron chi connectivity index (χ4n) is 0.119. The van der Waals surface area contributed by atoms with Gasteiger partial charge in [-0.25, -0.2) is 0 Å². The molecular weight excluding hydrogens is 229 g/mol. The van der Waals surface area contributed by atoms with E-state index < -0.39 is 24.5 Å². The Morgan fingerprint density at radius 1 is 0.909 bits per heavy atom. The molecule has 0 spiro atoms. The van der Waals surface area contributed by atoms with Gasteiger partial charge in [0.15, 0.2) is 0 Å². The number of nitrogens with zero attached hydrogens (tertiary/aromatic N) is 1. The summed E-state index contributed by atoms with van der Waals surface area (Å²) in [5.74, 6) is 0. The monoisotopic (exact) mass is 232 g/mol. The molecule has 0 saturated heterocycles. The minimum atomic E-state index is -5.31. The van der Waals surface area contributed by atoms with Crippen LogP contribution in [0, 0.1) is 0 Å². The van der Waals surface area contributed by atoms with Crippen molar-refractivity contribution in [1.82, 2.24) is 3.87 Å². The zero-order valence-electron chi connectivity index (χ0n) is 5.24. The first-order valence-electron chi connectivity index (χ1n) is 1.60. The second-order valence-corrected chi connectivity index (χ2v) is 3.85. The molecule has 0 aliphatic rings. The molecule has 0 rings (SSSR count). The summed E-state index contributed by atoms with van der Waals surface area (Å²) < 4.78 is 52.6. The molecule has 1 radical (unpaired) electrons. The van der Waals surface area contributed by atoms with Crippen LogP contribution in [-0.2, 0) is 20.6 Å². The Labute approximate surface area is 105 Å². The van der Waals surface area contributed by atoms with Crippen LogP contribution >= 0.6 is 0 Å². The first-order chi connectivity index (χ1) is 4.15. The first kappa shape index (κ1) is 14.9. The van der Waals surface area contributed by atoms with E-state index in [9.17, 15) is 16.8 Å². The molecule has 11 heavy (non-hydrogen) atoms. The summed E-state index contributed by atoms with van der Waals surface area (Å²) in [5, 5.41) is 7.88. The van der Waals surface area contributed by atoms with E-state index in [1.165, 1.54) is 0 Å². The summed E-state index contributed by atoms with van der Waals surface area (Å²) in [6.45, 7) is 0. The number of rotatable bonds is 2. The first-order valence-corrected chi connectivity index (χ1v) is 4.39. The molecule has 0 fully saturated rings. The SMILES string of the molecule is O=S(=O)(O)N(O)S(=O)(=O)O.[K]. The van der Waals surface area contributed by atoms with Gasteiger partial charge in [-0.1, -0.05) is 0 Å². The second-order valence-electron chi connectivity index (χ2n) is 1.13. The summed E-state index contributed by atoms with van der Waals surface area (Å²) >= 11 is 0. The van der Waals surface area contributed by atoms with Crippen LogP contribution in [0.25, 0.3) is 0 Å². The van der Waals surface area contributed by atoms with Crippen LogP contribution in [0.2, 0.25) is 0 Å². The van der Waals surface area contributed by atoms with Crippen LogP contribution in [0.5, 0.6) is 0 Å². The van der Waals surface area contributed by atoms with E-state index in [4.69, 9.17) is 14.3 Å². The van der Waals surface area contributed by atoms with Gasteiger partial charge < -0.3 is 0 Å². The van der Waals surface area contributed by atoms with Crippen LogP contribution in [0.4, 0.5) is 0 Å². The fourth-order valence-corrected chi connectivity index (χ4v) is 1.07. The molecular formula is H3KNO7S2. The fraction of sp³-hybridized carbons (Fsp3) is 0. The van der Waals surface area contributed by atoms with Crippen LogP contribution in [-0.4, -0.2) is 86.4 Å². The van der Waals surface area contributed by atoms with E-state index >= 15 is 0 Å². The van der Waals surface area contributed by atoms with Crippen molar-refractivity contribution >= 4 is 72.0 Å². The van der Waals surface area contributed by atoms with Gasteiger partial charge in [-0.3, -0.25) is 14.3 Å². The van der Waals surface area contributed by atoms with Crippen molar-refractivity contribution in [2.24, 2.45) is 0 Å². The molecule has 11 heteroatoms. The van der Waals surface area contributed by atoms with Gasteiger partial charge >= 0.3 is 20.6 Å². The molecule has 0 unspecified atom stereocenters. The largest absolute Gasteiger partial charge is 0.374 e. The Kier molecular flexibility index (Phi) is 6.18. The predicted molar refractivity (Wildman–Crippen MR) is 32.5 cm³/mol. The molecule has 3 N–H and O–H groups in total. The molecule has 0 aromatic rings. The third kappa shape index (κ3) is 5.59. The van der Waals surface area contributed by atoms with Crippen molar-refractivity contribution < 1.29 is 31.1 Å². The molecule has 0 aliphatic heterocycles. The van der Waals surface area contributed by atoms with Gasteiger partial charge in [0.1, 0.15) is 0 Å². The molecule has 0 aromatic carbocycles. The van der Waals surface area contributed by atoms with Gasteiger partial charge in [0, 0.05) is 51.4 Å². The van der Waals surface area contributed by atoms with E-state index in [0.29, 0.717) is 0 Å². The van der Waals surface area contributed by atoms with Crippen LogP contribution in [0.3, 0.4) is 0 Å². The molecule has 0 aromatic heterocycles. The Balaban J connectivity index is 0. The maximum atomic E-state index is 9.67. The summed E-state index contributed by atoms with van der Waals surface area (Å²) in [6, 6.07) is 0. The van der Waals surface area contributed by atoms with Crippen molar-refractivity contribution in [3.63, 3.8) is 0 Å². The zero-order chi connectivity index (χ0) is 8.58. The van der Waals surface area contributed by atoms with E-state index in [2.05, 4.69) is 0 Å². The molecule has 0 saturated carbocycles. The van der Waals surface area contributed by atoms with E-state index in [0.717, 1.165) is 0 Å². The van der Waals surface area contributed by atoms with Crippen molar-refractivity contribution in [2.45, 2.75) is 0 Å². The third-order valence-corrected chi connectivity index (χ3v) is 2.31. The van der Waals surface area contributed by atoms with E-state index in [-0.39, 0.29) is 51.4 Å². The maximum Gasteiger partial charge on any atom is 0.374 e. The quantitative estimate of drug-likeness (QED) is 0.282. The average molecular weight is 232 g/mol. The van der Waals surface area contributed by atoms with Gasteiger partial charge in [-0.2, -0.15) is 16.8 Å². The summed E-state index contributed by atoms with van der Waals surface area (Å²) in [4.78, 5) is 0. The van der Waals surface area contributed by atoms with E-state index in [1.54, 1.807) is 0 Å². The van der Waals surface area contributed by atoms with Crippen molar-refractivity contribution in [3.8, 4) is 0 Å². The van der Waals surface area contributed by atoms with Gasteiger partial charge in [0.05, 0.1) is 3.87 Å². The minimum Gasteiger partial charge on any atom is -0.282 e. The summed E-state index contributed by atoms with van der Waals surface area (Å²) in [7, 11) is -10.6. The Morgan fingerprint density at radius 2 is 1.09 bits per heavy atom. The molecule has 0 atom stereocenters. The predicted octanol–water partition coefficient (Wildman–Crippen LogP) is -2.10.